The number of fused-ring (bicyclic) bond motifs is 3. The van der Waals surface area contributed by atoms with E-state index in [1.807, 2.05) is 0 Å². The number of alkyl halides is 2. The average Bonchev–Trinajstić information content (AvgIpc) is 3.15. The van der Waals surface area contributed by atoms with Crippen LogP contribution in [0.3, 0.4) is 0 Å². The number of piperidine rings is 3. The standard InChI is InChI=1S/C38H37Cl2F2N3O6/c1-48-32-11-10-26(17-34(32)49-2)33(18-29-30(39)19-43-20-31(29)40)50-37(46)25-8-6-23(7-9-25)21-45(28-5-3-4-27(16-28)36(41)42)38(47)51-35-22-44-14-12-24(35)13-15-44/h3-11,16-17,19-20,24,33,35-36H,12-15,18,21-22H2,1-2H3/t33-,35-/m0/s1. The molecule has 268 valence electrons. The van der Waals surface area contributed by atoms with Gasteiger partial charge in [-0.25, -0.2) is 18.4 Å². The Labute approximate surface area is 305 Å². The zero-order chi connectivity index (χ0) is 36.1. The number of rotatable bonds is 12. The largest absolute Gasteiger partial charge is 0.493 e. The summed E-state index contributed by atoms with van der Waals surface area (Å²) in [6.07, 6.45) is 0.565. The van der Waals surface area contributed by atoms with Gasteiger partial charge in [-0.15, -0.1) is 0 Å². The van der Waals surface area contributed by atoms with Crippen LogP contribution in [0.4, 0.5) is 19.3 Å². The molecule has 0 saturated carbocycles. The van der Waals surface area contributed by atoms with Crippen molar-refractivity contribution in [2.45, 2.75) is 44.4 Å². The maximum atomic E-state index is 13.7. The summed E-state index contributed by atoms with van der Waals surface area (Å²) >= 11 is 12.9. The number of hydrogen-bond donors (Lipinski definition) is 0. The number of methoxy groups -OCH3 is 2. The Morgan fingerprint density at radius 1 is 0.922 bits per heavy atom. The molecule has 3 aromatic carbocycles. The SMILES string of the molecule is COc1ccc([C@H](Cc2c(Cl)cncc2Cl)OC(=O)c2ccc(CN(C(=O)O[C@H]3CN4CCC3CC4)c3cccc(C(F)F)c3)cc2)cc1OC. The van der Waals surface area contributed by atoms with Gasteiger partial charge in [-0.05, 0) is 84.9 Å². The second-order valence-corrected chi connectivity index (χ2v) is 13.3. The molecular weight excluding hydrogens is 703 g/mol. The van der Waals surface area contributed by atoms with Crippen molar-refractivity contribution in [3.8, 4) is 11.5 Å². The van der Waals surface area contributed by atoms with E-state index in [1.165, 1.54) is 49.7 Å². The number of aromatic nitrogens is 1. The lowest BCUT2D eigenvalue weighted by atomic mass is 9.86. The van der Waals surface area contributed by atoms with Gasteiger partial charge in [0.25, 0.3) is 6.43 Å². The van der Waals surface area contributed by atoms with Gasteiger partial charge < -0.3 is 18.9 Å². The molecule has 2 atom stereocenters. The third-order valence-corrected chi connectivity index (χ3v) is 10.1. The third-order valence-electron chi connectivity index (χ3n) is 9.40. The molecule has 0 radical (unpaired) electrons. The Hall–Kier alpha value is -4.45. The summed E-state index contributed by atoms with van der Waals surface area (Å²) < 4.78 is 50.2. The number of hydrogen-bond acceptors (Lipinski definition) is 8. The van der Waals surface area contributed by atoms with E-state index in [0.29, 0.717) is 44.8 Å². The summed E-state index contributed by atoms with van der Waals surface area (Å²) in [7, 11) is 3.03. The monoisotopic (exact) mass is 739 g/mol. The zero-order valence-electron chi connectivity index (χ0n) is 28.1. The summed E-state index contributed by atoms with van der Waals surface area (Å²) in [5, 5.41) is 0.646. The van der Waals surface area contributed by atoms with Crippen LogP contribution in [0.1, 0.15) is 58.0 Å². The Kier molecular flexibility index (Phi) is 11.6. The third kappa shape index (κ3) is 8.54. The number of benzene rings is 3. The van der Waals surface area contributed by atoms with Gasteiger partial charge in [0, 0.05) is 36.6 Å². The molecule has 0 unspecified atom stereocenters. The van der Waals surface area contributed by atoms with E-state index in [1.54, 1.807) is 48.5 Å². The van der Waals surface area contributed by atoms with E-state index in [2.05, 4.69) is 9.88 Å². The van der Waals surface area contributed by atoms with Crippen LogP contribution in [0, 0.1) is 5.92 Å². The molecule has 9 nitrogen and oxygen atoms in total. The molecular formula is C38H37Cl2F2N3O6. The highest BCUT2D eigenvalue weighted by molar-refractivity contribution is 6.35. The molecule has 1 amide bonds. The maximum Gasteiger partial charge on any atom is 0.414 e. The first-order valence-electron chi connectivity index (χ1n) is 16.5. The summed E-state index contributed by atoms with van der Waals surface area (Å²) in [4.78, 5) is 34.9. The van der Waals surface area contributed by atoms with Crippen LogP contribution in [0.15, 0.2) is 79.1 Å². The molecule has 3 aliphatic heterocycles. The lowest BCUT2D eigenvalue weighted by molar-refractivity contribution is -0.0311. The Morgan fingerprint density at radius 2 is 1.63 bits per heavy atom. The number of ether oxygens (including phenoxy) is 4. The van der Waals surface area contributed by atoms with Crippen molar-refractivity contribution < 1.29 is 37.3 Å². The lowest BCUT2D eigenvalue weighted by Crippen LogP contribution is -2.53. The molecule has 7 rings (SSSR count). The minimum atomic E-state index is -2.71. The molecule has 0 N–H and O–H groups in total. The number of halogens is 4. The van der Waals surface area contributed by atoms with Gasteiger partial charge in [-0.3, -0.25) is 14.8 Å². The van der Waals surface area contributed by atoms with E-state index < -0.39 is 24.6 Å². The Morgan fingerprint density at radius 3 is 2.25 bits per heavy atom. The molecule has 3 fully saturated rings. The van der Waals surface area contributed by atoms with Crippen molar-refractivity contribution in [1.29, 1.82) is 0 Å². The van der Waals surface area contributed by atoms with Crippen LogP contribution < -0.4 is 14.4 Å². The first kappa shape index (κ1) is 36.3. The van der Waals surface area contributed by atoms with Gasteiger partial charge in [-0.2, -0.15) is 0 Å². The molecule has 4 heterocycles. The topological polar surface area (TPSA) is 90.4 Å². The van der Waals surface area contributed by atoms with Crippen LogP contribution in [0.25, 0.3) is 0 Å². The second-order valence-electron chi connectivity index (χ2n) is 12.5. The maximum absolute atomic E-state index is 13.7. The van der Waals surface area contributed by atoms with E-state index >= 15 is 0 Å². The quantitative estimate of drug-likeness (QED) is 0.133. The van der Waals surface area contributed by atoms with Gasteiger partial charge in [0.15, 0.2) is 11.5 Å². The molecule has 1 aromatic heterocycles. The highest BCUT2D eigenvalue weighted by Gasteiger charge is 2.37. The zero-order valence-corrected chi connectivity index (χ0v) is 29.6. The molecule has 51 heavy (non-hydrogen) atoms. The van der Waals surface area contributed by atoms with E-state index in [9.17, 15) is 18.4 Å². The summed E-state index contributed by atoms with van der Waals surface area (Å²) in [5.41, 5.74) is 2.14. The number of carbonyl (C=O) groups is 2. The fraction of sp³-hybridized carbons (Fsp3) is 0.342. The molecule has 3 saturated heterocycles. The van der Waals surface area contributed by atoms with Crippen LogP contribution in [-0.2, 0) is 22.4 Å². The van der Waals surface area contributed by atoms with Crippen LogP contribution in [0.5, 0.6) is 11.5 Å². The Bertz CT molecular complexity index is 1840. The van der Waals surface area contributed by atoms with Crippen molar-refractivity contribution in [1.82, 2.24) is 9.88 Å². The molecule has 0 aliphatic carbocycles. The average molecular weight is 741 g/mol. The minimum absolute atomic E-state index is 0.0231. The highest BCUT2D eigenvalue weighted by Crippen LogP contribution is 2.36. The highest BCUT2D eigenvalue weighted by atomic mass is 35.5. The molecule has 0 spiro atoms. The van der Waals surface area contributed by atoms with E-state index in [4.69, 9.17) is 42.1 Å². The first-order chi connectivity index (χ1) is 24.6. The van der Waals surface area contributed by atoms with Crippen molar-refractivity contribution in [3.63, 3.8) is 0 Å². The number of esters is 1. The normalized spacial score (nSPS) is 18.6. The van der Waals surface area contributed by atoms with Crippen molar-refractivity contribution in [2.75, 3.05) is 38.8 Å². The number of carbonyl (C=O) groups excluding carboxylic acids is 2. The number of amides is 1. The molecule has 2 bridgehead atoms. The number of anilines is 1. The van der Waals surface area contributed by atoms with E-state index in [0.717, 1.165) is 25.9 Å². The van der Waals surface area contributed by atoms with E-state index in [-0.39, 0.29) is 41.8 Å². The van der Waals surface area contributed by atoms with Crippen LogP contribution in [-0.4, -0.2) is 61.9 Å². The van der Waals surface area contributed by atoms with Crippen molar-refractivity contribution >= 4 is 41.0 Å². The van der Waals surface area contributed by atoms with Crippen LogP contribution in [0.2, 0.25) is 10.0 Å². The summed E-state index contributed by atoms with van der Waals surface area (Å²) in [5.74, 6) is 0.602. The first-order valence-corrected chi connectivity index (χ1v) is 17.3. The number of nitrogens with zero attached hydrogens (tertiary/aromatic N) is 3. The fourth-order valence-electron chi connectivity index (χ4n) is 6.55. The van der Waals surface area contributed by atoms with Crippen LogP contribution >= 0.6 is 23.2 Å². The lowest BCUT2D eigenvalue weighted by Gasteiger charge is -2.44. The summed E-state index contributed by atoms with van der Waals surface area (Å²) in [6.45, 7) is 2.64. The van der Waals surface area contributed by atoms with Gasteiger partial charge in [-0.1, -0.05) is 53.5 Å². The van der Waals surface area contributed by atoms with Gasteiger partial charge >= 0.3 is 12.1 Å². The van der Waals surface area contributed by atoms with Gasteiger partial charge in [0.1, 0.15) is 12.2 Å². The predicted octanol–water partition coefficient (Wildman–Crippen LogP) is 8.72. The van der Waals surface area contributed by atoms with Gasteiger partial charge in [0.2, 0.25) is 0 Å². The van der Waals surface area contributed by atoms with Crippen molar-refractivity contribution in [2.24, 2.45) is 5.92 Å². The minimum Gasteiger partial charge on any atom is -0.493 e. The molecule has 13 heteroatoms. The molecule has 4 aromatic rings. The predicted molar refractivity (Wildman–Crippen MR) is 189 cm³/mol. The second kappa shape index (κ2) is 16.3. The van der Waals surface area contributed by atoms with Crippen molar-refractivity contribution in [3.05, 3.63) is 117 Å². The smallest absolute Gasteiger partial charge is 0.414 e. The summed E-state index contributed by atoms with van der Waals surface area (Å²) in [6, 6.07) is 17.4. The molecule has 3 aliphatic rings. The number of pyridine rings is 1. The van der Waals surface area contributed by atoms with Gasteiger partial charge in [0.05, 0.1) is 36.4 Å². The Balaban J connectivity index is 1.22. The fourth-order valence-corrected chi connectivity index (χ4v) is 7.07.